The molecule has 0 aromatic heterocycles. The van der Waals surface area contributed by atoms with Gasteiger partial charge in [0.2, 0.25) is 0 Å². The summed E-state index contributed by atoms with van der Waals surface area (Å²) >= 11 is 0. The fourth-order valence-electron chi connectivity index (χ4n) is 2.10. The van der Waals surface area contributed by atoms with Crippen LogP contribution in [-0.4, -0.2) is 25.3 Å². The summed E-state index contributed by atoms with van der Waals surface area (Å²) in [5.41, 5.74) is 0. The molecule has 2 atom stereocenters. The van der Waals surface area contributed by atoms with Gasteiger partial charge in [0.15, 0.2) is 0 Å². The zero-order valence-corrected chi connectivity index (χ0v) is 9.88. The minimum absolute atomic E-state index is 0.498. The minimum Gasteiger partial charge on any atom is -0.378 e. The second-order valence-corrected chi connectivity index (χ2v) is 4.80. The summed E-state index contributed by atoms with van der Waals surface area (Å²) in [5, 5.41) is 3.59. The standard InChI is InChI=1S/C12H25NO/c1-4-6-13-11-5-7-14-12(9-11)8-10(2)3/h10-13H,4-9H2,1-3H3. The lowest BCUT2D eigenvalue weighted by molar-refractivity contribution is -0.00920. The van der Waals surface area contributed by atoms with E-state index in [9.17, 15) is 0 Å². The van der Waals surface area contributed by atoms with Gasteiger partial charge in [0.25, 0.3) is 0 Å². The predicted molar refractivity (Wildman–Crippen MR) is 60.5 cm³/mol. The van der Waals surface area contributed by atoms with Gasteiger partial charge in [-0.05, 0) is 38.1 Å². The molecule has 0 aliphatic carbocycles. The van der Waals surface area contributed by atoms with Crippen LogP contribution < -0.4 is 5.32 Å². The number of rotatable bonds is 5. The molecule has 1 heterocycles. The third-order valence-electron chi connectivity index (χ3n) is 2.78. The molecule has 2 nitrogen and oxygen atoms in total. The first kappa shape index (κ1) is 12.0. The fourth-order valence-corrected chi connectivity index (χ4v) is 2.10. The van der Waals surface area contributed by atoms with Gasteiger partial charge in [-0.3, -0.25) is 0 Å². The summed E-state index contributed by atoms with van der Waals surface area (Å²) in [6.07, 6.45) is 5.33. The Morgan fingerprint density at radius 1 is 1.43 bits per heavy atom. The Bertz CT molecular complexity index is 147. The number of nitrogens with one attached hydrogen (secondary N) is 1. The topological polar surface area (TPSA) is 21.3 Å². The Morgan fingerprint density at radius 3 is 2.86 bits per heavy atom. The Hall–Kier alpha value is -0.0800. The maximum Gasteiger partial charge on any atom is 0.0592 e. The molecule has 1 rings (SSSR count). The first-order valence-electron chi connectivity index (χ1n) is 6.07. The van der Waals surface area contributed by atoms with Crippen LogP contribution in [0, 0.1) is 5.92 Å². The first-order valence-corrected chi connectivity index (χ1v) is 6.07. The average Bonchev–Trinajstić information content (AvgIpc) is 2.14. The monoisotopic (exact) mass is 199 g/mol. The molecular weight excluding hydrogens is 174 g/mol. The molecule has 0 bridgehead atoms. The molecule has 2 heteroatoms. The molecule has 84 valence electrons. The molecule has 1 aliphatic rings. The van der Waals surface area contributed by atoms with Crippen molar-refractivity contribution in [2.24, 2.45) is 5.92 Å². The fraction of sp³-hybridized carbons (Fsp3) is 1.00. The van der Waals surface area contributed by atoms with Crippen LogP contribution in [0.1, 0.15) is 46.5 Å². The van der Waals surface area contributed by atoms with E-state index in [1.165, 1.54) is 25.7 Å². The molecular formula is C12H25NO. The van der Waals surface area contributed by atoms with Crippen LogP contribution in [0.15, 0.2) is 0 Å². The van der Waals surface area contributed by atoms with Crippen LogP contribution in [0.4, 0.5) is 0 Å². The highest BCUT2D eigenvalue weighted by Gasteiger charge is 2.22. The van der Waals surface area contributed by atoms with Crippen molar-refractivity contribution in [2.75, 3.05) is 13.2 Å². The van der Waals surface area contributed by atoms with E-state index in [0.29, 0.717) is 12.1 Å². The van der Waals surface area contributed by atoms with Crippen molar-refractivity contribution in [3.63, 3.8) is 0 Å². The van der Waals surface area contributed by atoms with Gasteiger partial charge in [-0.15, -0.1) is 0 Å². The van der Waals surface area contributed by atoms with Crippen LogP contribution in [0.2, 0.25) is 0 Å². The lowest BCUT2D eigenvalue weighted by Crippen LogP contribution is -2.39. The van der Waals surface area contributed by atoms with Crippen LogP contribution in [-0.2, 0) is 4.74 Å². The van der Waals surface area contributed by atoms with E-state index < -0.39 is 0 Å². The molecule has 14 heavy (non-hydrogen) atoms. The lowest BCUT2D eigenvalue weighted by Gasteiger charge is -2.31. The lowest BCUT2D eigenvalue weighted by atomic mass is 9.96. The van der Waals surface area contributed by atoms with Crippen molar-refractivity contribution in [2.45, 2.75) is 58.6 Å². The molecule has 0 aromatic rings. The largest absolute Gasteiger partial charge is 0.378 e. The molecule has 0 radical (unpaired) electrons. The molecule has 1 N–H and O–H groups in total. The molecule has 0 spiro atoms. The van der Waals surface area contributed by atoms with Gasteiger partial charge in [0.1, 0.15) is 0 Å². The van der Waals surface area contributed by atoms with Gasteiger partial charge >= 0.3 is 0 Å². The quantitative estimate of drug-likeness (QED) is 0.735. The molecule has 1 saturated heterocycles. The minimum atomic E-state index is 0.498. The Balaban J connectivity index is 2.21. The molecule has 0 saturated carbocycles. The SMILES string of the molecule is CCCNC1CCOC(CC(C)C)C1. The summed E-state index contributed by atoms with van der Waals surface area (Å²) in [7, 11) is 0. The maximum absolute atomic E-state index is 5.76. The van der Waals surface area contributed by atoms with Crippen LogP contribution >= 0.6 is 0 Å². The highest BCUT2D eigenvalue weighted by atomic mass is 16.5. The highest BCUT2D eigenvalue weighted by Crippen LogP contribution is 2.19. The highest BCUT2D eigenvalue weighted by molar-refractivity contribution is 4.77. The second-order valence-electron chi connectivity index (χ2n) is 4.80. The van der Waals surface area contributed by atoms with E-state index in [2.05, 4.69) is 26.1 Å². The van der Waals surface area contributed by atoms with Crippen molar-refractivity contribution < 1.29 is 4.74 Å². The molecule has 0 amide bonds. The Kier molecular flexibility index (Phi) is 5.49. The van der Waals surface area contributed by atoms with Crippen LogP contribution in [0.3, 0.4) is 0 Å². The van der Waals surface area contributed by atoms with Crippen molar-refractivity contribution in [3.05, 3.63) is 0 Å². The van der Waals surface area contributed by atoms with Gasteiger partial charge in [-0.25, -0.2) is 0 Å². The second kappa shape index (κ2) is 6.41. The van der Waals surface area contributed by atoms with E-state index in [4.69, 9.17) is 4.74 Å². The smallest absolute Gasteiger partial charge is 0.0592 e. The van der Waals surface area contributed by atoms with Crippen molar-refractivity contribution in [1.82, 2.24) is 5.32 Å². The van der Waals surface area contributed by atoms with Gasteiger partial charge < -0.3 is 10.1 Å². The zero-order valence-electron chi connectivity index (χ0n) is 9.88. The van der Waals surface area contributed by atoms with E-state index in [1.54, 1.807) is 0 Å². The van der Waals surface area contributed by atoms with Gasteiger partial charge in [-0.2, -0.15) is 0 Å². The van der Waals surface area contributed by atoms with Gasteiger partial charge in [0.05, 0.1) is 6.10 Å². The third kappa shape index (κ3) is 4.43. The normalized spacial score (nSPS) is 28.3. The number of ether oxygens (including phenoxy) is 1. The van der Waals surface area contributed by atoms with Crippen molar-refractivity contribution >= 4 is 0 Å². The first-order chi connectivity index (χ1) is 6.72. The molecule has 1 fully saturated rings. The van der Waals surface area contributed by atoms with E-state index >= 15 is 0 Å². The number of hydrogen-bond acceptors (Lipinski definition) is 2. The van der Waals surface area contributed by atoms with E-state index in [-0.39, 0.29) is 0 Å². The molecule has 0 aromatic carbocycles. The predicted octanol–water partition coefficient (Wildman–Crippen LogP) is 2.58. The summed E-state index contributed by atoms with van der Waals surface area (Å²) < 4.78 is 5.76. The molecule has 2 unspecified atom stereocenters. The zero-order chi connectivity index (χ0) is 10.4. The summed E-state index contributed by atoms with van der Waals surface area (Å²) in [4.78, 5) is 0. The van der Waals surface area contributed by atoms with Crippen molar-refractivity contribution in [1.29, 1.82) is 0 Å². The summed E-state index contributed by atoms with van der Waals surface area (Å²) in [6.45, 7) is 8.86. The van der Waals surface area contributed by atoms with Crippen molar-refractivity contribution in [3.8, 4) is 0 Å². The summed E-state index contributed by atoms with van der Waals surface area (Å²) in [6, 6.07) is 0.701. The van der Waals surface area contributed by atoms with E-state index in [1.807, 2.05) is 0 Å². The van der Waals surface area contributed by atoms with Gasteiger partial charge in [0, 0.05) is 12.6 Å². The van der Waals surface area contributed by atoms with E-state index in [0.717, 1.165) is 19.1 Å². The van der Waals surface area contributed by atoms with Gasteiger partial charge in [-0.1, -0.05) is 20.8 Å². The number of hydrogen-bond donors (Lipinski definition) is 1. The van der Waals surface area contributed by atoms with Crippen LogP contribution in [0.5, 0.6) is 0 Å². The average molecular weight is 199 g/mol. The molecule has 1 aliphatic heterocycles. The van der Waals surface area contributed by atoms with Crippen LogP contribution in [0.25, 0.3) is 0 Å². The third-order valence-corrected chi connectivity index (χ3v) is 2.78. The maximum atomic E-state index is 5.76. The Morgan fingerprint density at radius 2 is 2.21 bits per heavy atom. The Labute approximate surface area is 88.4 Å². The summed E-state index contributed by atoms with van der Waals surface area (Å²) in [5.74, 6) is 0.755.